The van der Waals surface area contributed by atoms with E-state index in [1.807, 2.05) is 41.3 Å². The molecule has 6 rings (SSSR count). The van der Waals surface area contributed by atoms with Gasteiger partial charge in [-0.25, -0.2) is 15.0 Å². The number of anilines is 1. The first kappa shape index (κ1) is 29.1. The number of nitrogens with one attached hydrogen (secondary N) is 1. The minimum atomic E-state index is -0.270. The number of likely N-dealkylation sites (tertiary alicyclic amines) is 1. The summed E-state index contributed by atoms with van der Waals surface area (Å²) in [6.07, 6.45) is 18.2. The molecule has 0 unspecified atom stereocenters. The van der Waals surface area contributed by atoms with E-state index in [-0.39, 0.29) is 23.4 Å². The van der Waals surface area contributed by atoms with E-state index in [1.165, 1.54) is 32.1 Å². The summed E-state index contributed by atoms with van der Waals surface area (Å²) in [6, 6.07) is 9.77. The Kier molecular flexibility index (Phi) is 9.34. The van der Waals surface area contributed by atoms with E-state index in [2.05, 4.69) is 35.2 Å². The Hall–Kier alpha value is -3.04. The van der Waals surface area contributed by atoms with Gasteiger partial charge in [-0.15, -0.1) is 0 Å². The second-order valence-corrected chi connectivity index (χ2v) is 12.9. The fourth-order valence-corrected chi connectivity index (χ4v) is 7.63. The largest absolute Gasteiger partial charge is 0.341 e. The molecule has 42 heavy (non-hydrogen) atoms. The summed E-state index contributed by atoms with van der Waals surface area (Å²) >= 11 is 6.18. The molecular weight excluding hydrogens is 548 g/mol. The fraction of sp³-hybridized carbons (Fsp3) is 0.594. The number of carbonyl (C=O) groups is 1. The van der Waals surface area contributed by atoms with Crippen molar-refractivity contribution in [2.45, 2.75) is 82.8 Å². The summed E-state index contributed by atoms with van der Waals surface area (Å²) in [4.78, 5) is 31.6. The van der Waals surface area contributed by atoms with Crippen molar-refractivity contribution in [1.82, 2.24) is 34.9 Å². The average Bonchev–Trinajstić information content (AvgIpc) is 3.56. The van der Waals surface area contributed by atoms with Crippen molar-refractivity contribution < 1.29 is 4.79 Å². The van der Waals surface area contributed by atoms with Gasteiger partial charge >= 0.3 is 0 Å². The van der Waals surface area contributed by atoms with Gasteiger partial charge in [-0.05, 0) is 80.0 Å². The zero-order valence-corrected chi connectivity index (χ0v) is 25.2. The second-order valence-electron chi connectivity index (χ2n) is 12.5. The molecule has 2 aromatic heterocycles. The summed E-state index contributed by atoms with van der Waals surface area (Å²) in [7, 11) is 0. The van der Waals surface area contributed by atoms with Gasteiger partial charge in [-0.1, -0.05) is 43.0 Å². The smallest absolute Gasteiger partial charge is 0.240 e. The second kappa shape index (κ2) is 13.5. The van der Waals surface area contributed by atoms with E-state index in [9.17, 15) is 4.79 Å². The number of aromatic nitrogens is 5. The molecule has 1 N–H and O–H groups in total. The molecule has 1 amide bonds. The zero-order valence-electron chi connectivity index (χ0n) is 24.5. The van der Waals surface area contributed by atoms with Gasteiger partial charge in [0.2, 0.25) is 11.9 Å². The summed E-state index contributed by atoms with van der Waals surface area (Å²) in [5.74, 6) is 1.69. The Morgan fingerprint density at radius 3 is 2.36 bits per heavy atom. The fourth-order valence-electron chi connectivity index (χ4n) is 7.50. The number of benzene rings is 1. The molecule has 0 bridgehead atoms. The SMILES string of the molecule is O=C([C@@H](Cc1ccc(Cl)cc1)NC1CCN(c2ncccn2)CC1)N1CCC(Cn2cncn2)(C2CCCCC2)CC1. The van der Waals surface area contributed by atoms with Crippen LogP contribution in [0.15, 0.2) is 55.4 Å². The Bertz CT molecular complexity index is 1250. The third kappa shape index (κ3) is 6.94. The lowest BCUT2D eigenvalue weighted by Gasteiger charge is -2.48. The van der Waals surface area contributed by atoms with Crippen LogP contribution in [0.3, 0.4) is 0 Å². The first-order valence-electron chi connectivity index (χ1n) is 15.7. The van der Waals surface area contributed by atoms with Crippen LogP contribution in [0.5, 0.6) is 0 Å². The Morgan fingerprint density at radius 2 is 1.69 bits per heavy atom. The maximum absolute atomic E-state index is 14.2. The molecule has 10 heteroatoms. The molecule has 1 aromatic carbocycles. The molecule has 1 saturated carbocycles. The lowest BCUT2D eigenvalue weighted by molar-refractivity contribution is -0.137. The molecule has 3 aromatic rings. The number of hydrogen-bond donors (Lipinski definition) is 1. The molecule has 1 atom stereocenters. The van der Waals surface area contributed by atoms with E-state index in [0.29, 0.717) is 17.4 Å². The molecule has 2 saturated heterocycles. The molecule has 2 aliphatic heterocycles. The van der Waals surface area contributed by atoms with Gasteiger partial charge < -0.3 is 15.1 Å². The van der Waals surface area contributed by atoms with Crippen LogP contribution in [0, 0.1) is 11.3 Å². The van der Waals surface area contributed by atoms with Crippen molar-refractivity contribution in [3.63, 3.8) is 0 Å². The normalized spacial score (nSPS) is 20.9. The highest BCUT2D eigenvalue weighted by molar-refractivity contribution is 6.30. The van der Waals surface area contributed by atoms with Crippen molar-refractivity contribution in [2.75, 3.05) is 31.1 Å². The zero-order chi connectivity index (χ0) is 28.8. The van der Waals surface area contributed by atoms with Crippen molar-refractivity contribution in [3.05, 3.63) is 66.0 Å². The van der Waals surface area contributed by atoms with Crippen molar-refractivity contribution in [3.8, 4) is 0 Å². The van der Waals surface area contributed by atoms with E-state index < -0.39 is 0 Å². The van der Waals surface area contributed by atoms with E-state index >= 15 is 0 Å². The predicted octanol–water partition coefficient (Wildman–Crippen LogP) is 4.78. The van der Waals surface area contributed by atoms with Crippen molar-refractivity contribution in [1.29, 1.82) is 0 Å². The quantitative estimate of drug-likeness (QED) is 0.383. The maximum Gasteiger partial charge on any atom is 0.240 e. The van der Waals surface area contributed by atoms with Crippen LogP contribution in [0.2, 0.25) is 5.02 Å². The number of rotatable bonds is 9. The topological polar surface area (TPSA) is 92.1 Å². The summed E-state index contributed by atoms with van der Waals surface area (Å²) in [5, 5.41) is 8.98. The van der Waals surface area contributed by atoms with Crippen LogP contribution >= 0.6 is 11.6 Å². The Balaban J connectivity index is 1.13. The van der Waals surface area contributed by atoms with Crippen LogP contribution in [-0.2, 0) is 17.8 Å². The number of nitrogens with zero attached hydrogens (tertiary/aromatic N) is 7. The molecule has 1 aliphatic carbocycles. The van der Waals surface area contributed by atoms with Crippen LogP contribution in [-0.4, -0.2) is 73.8 Å². The molecule has 3 fully saturated rings. The van der Waals surface area contributed by atoms with E-state index in [0.717, 1.165) is 69.9 Å². The maximum atomic E-state index is 14.2. The van der Waals surface area contributed by atoms with Crippen LogP contribution in [0.25, 0.3) is 0 Å². The predicted molar refractivity (Wildman–Crippen MR) is 164 cm³/mol. The van der Waals surface area contributed by atoms with Gasteiger partial charge in [0.15, 0.2) is 0 Å². The summed E-state index contributed by atoms with van der Waals surface area (Å²) in [5.41, 5.74) is 1.30. The summed E-state index contributed by atoms with van der Waals surface area (Å²) < 4.78 is 2.02. The monoisotopic (exact) mass is 590 g/mol. The number of amides is 1. The van der Waals surface area contributed by atoms with E-state index in [1.54, 1.807) is 18.7 Å². The number of carbonyl (C=O) groups excluding carboxylic acids is 1. The van der Waals surface area contributed by atoms with Crippen molar-refractivity contribution >= 4 is 23.5 Å². The average molecular weight is 591 g/mol. The number of hydrogen-bond acceptors (Lipinski definition) is 7. The third-order valence-electron chi connectivity index (χ3n) is 9.90. The minimum Gasteiger partial charge on any atom is -0.341 e. The van der Waals surface area contributed by atoms with Gasteiger partial charge in [-0.3, -0.25) is 9.48 Å². The lowest BCUT2D eigenvalue weighted by atomic mass is 9.63. The van der Waals surface area contributed by atoms with Gasteiger partial charge in [0.05, 0.1) is 6.04 Å². The molecule has 0 radical (unpaired) electrons. The molecule has 4 heterocycles. The summed E-state index contributed by atoms with van der Waals surface area (Å²) in [6.45, 7) is 4.24. The van der Waals surface area contributed by atoms with E-state index in [4.69, 9.17) is 11.6 Å². The minimum absolute atomic E-state index is 0.177. The standard InChI is InChI=1S/C32H43ClN8O/c33-27-9-7-25(8-10-27)21-29(38-28-11-17-40(18-12-28)31-35-15-4-16-36-31)30(42)39-19-13-32(14-20-39,22-41-24-34-23-37-41)26-5-2-1-3-6-26/h4,7-10,15-16,23-24,26,28-29,38H,1-3,5-6,11-14,17-22H2/t29-/m1/s1. The molecule has 0 spiro atoms. The highest BCUT2D eigenvalue weighted by Crippen LogP contribution is 2.47. The van der Waals surface area contributed by atoms with Crippen molar-refractivity contribution in [2.24, 2.45) is 11.3 Å². The van der Waals surface area contributed by atoms with Crippen LogP contribution < -0.4 is 10.2 Å². The van der Waals surface area contributed by atoms with Gasteiger partial charge in [0.1, 0.15) is 12.7 Å². The van der Waals surface area contributed by atoms with Crippen LogP contribution in [0.4, 0.5) is 5.95 Å². The lowest BCUT2D eigenvalue weighted by Crippen LogP contribution is -2.56. The van der Waals surface area contributed by atoms with Gasteiger partial charge in [0.25, 0.3) is 0 Å². The Morgan fingerprint density at radius 1 is 0.976 bits per heavy atom. The van der Waals surface area contributed by atoms with Gasteiger partial charge in [0, 0.05) is 56.2 Å². The highest BCUT2D eigenvalue weighted by Gasteiger charge is 2.44. The molecule has 3 aliphatic rings. The van der Waals surface area contributed by atoms with Gasteiger partial charge in [-0.2, -0.15) is 5.10 Å². The molecule has 9 nitrogen and oxygen atoms in total. The third-order valence-corrected chi connectivity index (χ3v) is 10.2. The first-order chi connectivity index (χ1) is 20.6. The molecule has 224 valence electrons. The van der Waals surface area contributed by atoms with Crippen LogP contribution in [0.1, 0.15) is 63.4 Å². The Labute approximate surface area is 254 Å². The highest BCUT2D eigenvalue weighted by atomic mass is 35.5. The first-order valence-corrected chi connectivity index (χ1v) is 16.1. The number of halogens is 1. The number of piperidine rings is 2. The molecular formula is C32H43ClN8O.